The summed E-state index contributed by atoms with van der Waals surface area (Å²) in [5, 5.41) is 6.74. The molecule has 0 amide bonds. The molecule has 7 heteroatoms. The number of benzene rings is 2. The van der Waals surface area contributed by atoms with Crippen LogP contribution in [0, 0.1) is 11.7 Å². The molecule has 0 aliphatic heterocycles. The molecule has 0 bridgehead atoms. The summed E-state index contributed by atoms with van der Waals surface area (Å²) in [5.74, 6) is 0.744. The third-order valence-electron chi connectivity index (χ3n) is 5.29. The van der Waals surface area contributed by atoms with Gasteiger partial charge < -0.3 is 4.74 Å². The van der Waals surface area contributed by atoms with Gasteiger partial charge in [-0.2, -0.15) is 5.10 Å². The van der Waals surface area contributed by atoms with E-state index >= 15 is 0 Å². The van der Waals surface area contributed by atoms with Gasteiger partial charge in [-0.3, -0.25) is 14.2 Å². The number of imidazole rings is 1. The summed E-state index contributed by atoms with van der Waals surface area (Å²) in [4.78, 5) is 12.9. The number of ether oxygens (including phenoxy) is 1. The van der Waals surface area contributed by atoms with Gasteiger partial charge in [0.15, 0.2) is 0 Å². The largest absolute Gasteiger partial charge is 0.493 e. The predicted molar refractivity (Wildman–Crippen MR) is 111 cm³/mol. The van der Waals surface area contributed by atoms with Crippen LogP contribution < -0.4 is 10.4 Å². The molecule has 0 atom stereocenters. The van der Waals surface area contributed by atoms with Gasteiger partial charge in [-0.15, -0.1) is 0 Å². The Morgan fingerprint density at radius 2 is 1.93 bits per heavy atom. The lowest BCUT2D eigenvalue weighted by Gasteiger charge is -2.09. The van der Waals surface area contributed by atoms with Gasteiger partial charge in [-0.1, -0.05) is 12.1 Å². The molecule has 0 unspecified atom stereocenters. The highest BCUT2D eigenvalue weighted by molar-refractivity contribution is 5.62. The fourth-order valence-corrected chi connectivity index (χ4v) is 3.44. The zero-order chi connectivity index (χ0) is 20.5. The average Bonchev–Trinajstić information content (AvgIpc) is 3.28. The van der Waals surface area contributed by atoms with Crippen LogP contribution >= 0.6 is 0 Å². The number of hydrogen-bond acceptors (Lipinski definition) is 3. The number of halogens is 1. The standard InChI is InChI=1S/C23H21FN4O2/c24-20-9-17(10-22(11-20)30-15-16-1-2-16)14-27-7-8-28(23(27)29)21-5-3-18(4-6-21)19-12-25-26-13-19/h3-13,16H,1-2,14-15H2,(H,25,26). The molecule has 6 nitrogen and oxygen atoms in total. The maximum absolute atomic E-state index is 14.0. The fraction of sp³-hybridized carbons (Fsp3) is 0.217. The van der Waals surface area contributed by atoms with Crippen molar-refractivity contribution in [3.8, 4) is 22.6 Å². The SMILES string of the molecule is O=c1n(Cc2cc(F)cc(OCC3CC3)c2)ccn1-c1ccc(-c2cn[nH]c2)cc1. The Morgan fingerprint density at radius 3 is 2.67 bits per heavy atom. The van der Waals surface area contributed by atoms with E-state index in [1.54, 1.807) is 33.8 Å². The van der Waals surface area contributed by atoms with E-state index < -0.39 is 0 Å². The van der Waals surface area contributed by atoms with Crippen LogP contribution in [0.15, 0.2) is 72.0 Å². The summed E-state index contributed by atoms with van der Waals surface area (Å²) in [6, 6.07) is 12.3. The van der Waals surface area contributed by atoms with Gasteiger partial charge in [0, 0.05) is 30.2 Å². The minimum absolute atomic E-state index is 0.184. The van der Waals surface area contributed by atoms with Crippen molar-refractivity contribution in [1.82, 2.24) is 19.3 Å². The van der Waals surface area contributed by atoms with Crippen molar-refractivity contribution in [2.75, 3.05) is 6.61 Å². The van der Waals surface area contributed by atoms with Crippen LogP contribution in [0.5, 0.6) is 5.75 Å². The molecule has 5 rings (SSSR count). The van der Waals surface area contributed by atoms with E-state index in [0.29, 0.717) is 23.8 Å². The molecular formula is C23H21FN4O2. The number of nitrogens with zero attached hydrogens (tertiary/aromatic N) is 3. The van der Waals surface area contributed by atoms with E-state index in [1.807, 2.05) is 30.5 Å². The van der Waals surface area contributed by atoms with E-state index in [2.05, 4.69) is 10.2 Å². The van der Waals surface area contributed by atoms with Crippen LogP contribution in [-0.2, 0) is 6.54 Å². The first-order valence-corrected chi connectivity index (χ1v) is 9.95. The van der Waals surface area contributed by atoms with Crippen molar-refractivity contribution < 1.29 is 9.13 Å². The smallest absolute Gasteiger partial charge is 0.333 e. The molecule has 1 N–H and O–H groups in total. The second-order valence-electron chi connectivity index (χ2n) is 7.66. The summed E-state index contributed by atoms with van der Waals surface area (Å²) in [5.41, 5.74) is 3.26. The molecule has 30 heavy (non-hydrogen) atoms. The van der Waals surface area contributed by atoms with Crippen molar-refractivity contribution in [2.45, 2.75) is 19.4 Å². The lowest BCUT2D eigenvalue weighted by Crippen LogP contribution is -2.23. The molecule has 1 aliphatic carbocycles. The van der Waals surface area contributed by atoms with Gasteiger partial charge in [0.25, 0.3) is 0 Å². The summed E-state index contributed by atoms with van der Waals surface area (Å²) in [6.45, 7) is 0.893. The lowest BCUT2D eigenvalue weighted by molar-refractivity contribution is 0.298. The number of rotatable bonds is 7. The van der Waals surface area contributed by atoms with Crippen LogP contribution in [0.2, 0.25) is 0 Å². The van der Waals surface area contributed by atoms with E-state index in [-0.39, 0.29) is 18.1 Å². The van der Waals surface area contributed by atoms with Crippen molar-refractivity contribution in [1.29, 1.82) is 0 Å². The molecule has 2 heterocycles. The molecule has 1 aliphatic rings. The monoisotopic (exact) mass is 404 g/mol. The average molecular weight is 404 g/mol. The molecule has 2 aromatic carbocycles. The first-order valence-electron chi connectivity index (χ1n) is 9.95. The Balaban J connectivity index is 1.35. The normalized spacial score (nSPS) is 13.5. The number of H-pyrrole nitrogens is 1. The molecule has 4 aromatic rings. The second-order valence-corrected chi connectivity index (χ2v) is 7.66. The Kier molecular flexibility index (Phi) is 4.71. The Bertz CT molecular complexity index is 1200. The first kappa shape index (κ1) is 18.4. The zero-order valence-corrected chi connectivity index (χ0v) is 16.3. The first-order chi connectivity index (χ1) is 14.7. The molecular weight excluding hydrogens is 383 g/mol. The Hall–Kier alpha value is -3.61. The van der Waals surface area contributed by atoms with E-state index in [1.165, 1.54) is 25.0 Å². The van der Waals surface area contributed by atoms with Gasteiger partial charge in [0.1, 0.15) is 11.6 Å². The van der Waals surface area contributed by atoms with Crippen LogP contribution in [0.3, 0.4) is 0 Å². The van der Waals surface area contributed by atoms with Crippen molar-refractivity contribution >= 4 is 0 Å². The summed E-state index contributed by atoms with van der Waals surface area (Å²) in [6.07, 6.45) is 9.35. The maximum Gasteiger partial charge on any atom is 0.333 e. The topological polar surface area (TPSA) is 64.8 Å². The van der Waals surface area contributed by atoms with E-state index in [9.17, 15) is 9.18 Å². The number of aromatic nitrogens is 4. The second kappa shape index (κ2) is 7.67. The number of aromatic amines is 1. The predicted octanol–water partition coefficient (Wildman–Crippen LogP) is 4.01. The lowest BCUT2D eigenvalue weighted by atomic mass is 10.1. The molecule has 0 radical (unpaired) electrons. The number of nitrogens with one attached hydrogen (secondary N) is 1. The van der Waals surface area contributed by atoms with Gasteiger partial charge >= 0.3 is 5.69 Å². The van der Waals surface area contributed by atoms with E-state index in [4.69, 9.17) is 4.74 Å². The minimum Gasteiger partial charge on any atom is -0.493 e. The van der Waals surface area contributed by atoms with Crippen molar-refractivity contribution in [3.05, 3.63) is 89.1 Å². The van der Waals surface area contributed by atoms with Crippen LogP contribution in [0.25, 0.3) is 16.8 Å². The maximum atomic E-state index is 14.0. The Morgan fingerprint density at radius 1 is 1.10 bits per heavy atom. The van der Waals surface area contributed by atoms with Crippen LogP contribution in [0.1, 0.15) is 18.4 Å². The molecule has 0 spiro atoms. The van der Waals surface area contributed by atoms with Gasteiger partial charge in [0.05, 0.1) is 25.0 Å². The Labute approximate surface area is 172 Å². The van der Waals surface area contributed by atoms with Crippen LogP contribution in [0.4, 0.5) is 4.39 Å². The van der Waals surface area contributed by atoms with Gasteiger partial charge in [-0.05, 0) is 54.2 Å². The number of hydrogen-bond donors (Lipinski definition) is 1. The third kappa shape index (κ3) is 3.91. The van der Waals surface area contributed by atoms with Crippen molar-refractivity contribution in [2.24, 2.45) is 5.92 Å². The molecule has 1 saturated carbocycles. The zero-order valence-electron chi connectivity index (χ0n) is 16.3. The van der Waals surface area contributed by atoms with Gasteiger partial charge in [0.2, 0.25) is 0 Å². The molecule has 152 valence electrons. The van der Waals surface area contributed by atoms with E-state index in [0.717, 1.165) is 16.8 Å². The minimum atomic E-state index is -0.361. The summed E-state index contributed by atoms with van der Waals surface area (Å²) < 4.78 is 22.8. The molecule has 2 aromatic heterocycles. The highest BCUT2D eigenvalue weighted by Gasteiger charge is 2.22. The highest BCUT2D eigenvalue weighted by Crippen LogP contribution is 2.30. The highest BCUT2D eigenvalue weighted by atomic mass is 19.1. The summed E-state index contributed by atoms with van der Waals surface area (Å²) >= 11 is 0. The molecule has 0 saturated heterocycles. The summed E-state index contributed by atoms with van der Waals surface area (Å²) in [7, 11) is 0. The van der Waals surface area contributed by atoms with Crippen molar-refractivity contribution in [3.63, 3.8) is 0 Å². The quantitative estimate of drug-likeness (QED) is 0.506. The van der Waals surface area contributed by atoms with Crippen LogP contribution in [-0.4, -0.2) is 25.9 Å². The molecule has 1 fully saturated rings. The fourth-order valence-electron chi connectivity index (χ4n) is 3.44. The third-order valence-corrected chi connectivity index (χ3v) is 5.29. The van der Waals surface area contributed by atoms with Gasteiger partial charge in [-0.25, -0.2) is 9.18 Å².